The molecule has 0 spiro atoms. The van der Waals surface area contributed by atoms with Crippen LogP contribution in [0.4, 0.5) is 5.69 Å². The summed E-state index contributed by atoms with van der Waals surface area (Å²) in [5, 5.41) is 5.71. The first-order valence-electron chi connectivity index (χ1n) is 9.99. The molecule has 1 aromatic rings. The van der Waals surface area contributed by atoms with Crippen molar-refractivity contribution in [2.75, 3.05) is 38.7 Å². The van der Waals surface area contributed by atoms with Crippen LogP contribution < -0.4 is 20.1 Å². The molecular weight excluding hydrogens is 370 g/mol. The number of nitrogens with zero attached hydrogens (tertiary/aromatic N) is 1. The van der Waals surface area contributed by atoms with Crippen LogP contribution in [0.5, 0.6) is 11.5 Å². The smallest absolute Gasteiger partial charge is 0.238 e. The van der Waals surface area contributed by atoms with Gasteiger partial charge in [-0.15, -0.1) is 6.42 Å². The van der Waals surface area contributed by atoms with Gasteiger partial charge in [-0.1, -0.05) is 19.8 Å². The maximum Gasteiger partial charge on any atom is 0.238 e. The highest BCUT2D eigenvalue weighted by Crippen LogP contribution is 2.30. The predicted molar refractivity (Wildman–Crippen MR) is 115 cm³/mol. The topological polar surface area (TPSA) is 79.9 Å². The van der Waals surface area contributed by atoms with E-state index in [-0.39, 0.29) is 24.9 Å². The Kier molecular flexibility index (Phi) is 10.0. The SMILES string of the molecule is C#CC(CC)(CC)NC(=O)CN(C)CC(=O)Nc1ccc(OCC)c(OCC)c1. The standard InChI is InChI=1S/C22H33N3O4/c1-7-22(8-2,9-3)24-21(27)16-25(6)15-20(26)23-17-12-13-18(28-10-4)19(14-17)29-11-5/h1,12-14H,8-11,15-16H2,2-6H3,(H,23,26)(H,24,27). The highest BCUT2D eigenvalue weighted by molar-refractivity contribution is 5.93. The number of nitrogens with one attached hydrogen (secondary N) is 2. The van der Waals surface area contributed by atoms with Crippen molar-refractivity contribution in [3.8, 4) is 23.8 Å². The van der Waals surface area contributed by atoms with Gasteiger partial charge in [-0.25, -0.2) is 0 Å². The molecule has 0 saturated heterocycles. The molecule has 0 fully saturated rings. The summed E-state index contributed by atoms with van der Waals surface area (Å²) in [4.78, 5) is 26.3. The van der Waals surface area contributed by atoms with Gasteiger partial charge in [0.25, 0.3) is 0 Å². The average molecular weight is 404 g/mol. The van der Waals surface area contributed by atoms with E-state index in [9.17, 15) is 9.59 Å². The van der Waals surface area contributed by atoms with Crippen LogP contribution >= 0.6 is 0 Å². The van der Waals surface area contributed by atoms with Crippen molar-refractivity contribution in [2.45, 2.75) is 46.1 Å². The Morgan fingerprint density at radius 3 is 2.17 bits per heavy atom. The number of rotatable bonds is 12. The lowest BCUT2D eigenvalue weighted by molar-refractivity contribution is -0.124. The molecule has 0 aromatic heterocycles. The number of ether oxygens (including phenoxy) is 2. The molecule has 0 bridgehead atoms. The van der Waals surface area contributed by atoms with Gasteiger partial charge < -0.3 is 20.1 Å². The third-order valence-electron chi connectivity index (χ3n) is 4.52. The van der Waals surface area contributed by atoms with Crippen molar-refractivity contribution in [1.29, 1.82) is 0 Å². The first-order valence-corrected chi connectivity index (χ1v) is 9.99. The summed E-state index contributed by atoms with van der Waals surface area (Å²) in [6, 6.07) is 5.24. The number of anilines is 1. The fourth-order valence-corrected chi connectivity index (χ4v) is 2.85. The molecule has 29 heavy (non-hydrogen) atoms. The second-order valence-electron chi connectivity index (χ2n) is 6.73. The minimum atomic E-state index is -0.641. The number of amides is 2. The predicted octanol–water partition coefficient (Wildman–Crippen LogP) is 2.66. The molecule has 0 atom stereocenters. The van der Waals surface area contributed by atoms with Gasteiger partial charge in [-0.2, -0.15) is 0 Å². The quantitative estimate of drug-likeness (QED) is 0.525. The molecule has 0 radical (unpaired) electrons. The van der Waals surface area contributed by atoms with E-state index < -0.39 is 5.54 Å². The molecule has 7 nitrogen and oxygen atoms in total. The zero-order valence-electron chi connectivity index (χ0n) is 18.1. The second kappa shape index (κ2) is 12.0. The summed E-state index contributed by atoms with van der Waals surface area (Å²) >= 11 is 0. The van der Waals surface area contributed by atoms with Crippen LogP contribution in [0.25, 0.3) is 0 Å². The van der Waals surface area contributed by atoms with Crippen LogP contribution in [0.1, 0.15) is 40.5 Å². The molecule has 1 rings (SSSR count). The van der Waals surface area contributed by atoms with Crippen molar-refractivity contribution in [1.82, 2.24) is 10.2 Å². The monoisotopic (exact) mass is 403 g/mol. The van der Waals surface area contributed by atoms with E-state index in [4.69, 9.17) is 15.9 Å². The van der Waals surface area contributed by atoms with Crippen LogP contribution in [0.3, 0.4) is 0 Å². The van der Waals surface area contributed by atoms with Gasteiger partial charge >= 0.3 is 0 Å². The lowest BCUT2D eigenvalue weighted by Crippen LogP contribution is -2.50. The molecule has 0 heterocycles. The van der Waals surface area contributed by atoms with E-state index in [1.807, 2.05) is 27.7 Å². The van der Waals surface area contributed by atoms with Crippen molar-refractivity contribution in [2.24, 2.45) is 0 Å². The van der Waals surface area contributed by atoms with Crippen LogP contribution in [-0.4, -0.2) is 55.6 Å². The van der Waals surface area contributed by atoms with Crippen molar-refractivity contribution < 1.29 is 19.1 Å². The molecule has 0 aliphatic heterocycles. The number of carbonyl (C=O) groups is 2. The average Bonchev–Trinajstić information content (AvgIpc) is 2.68. The molecule has 2 amide bonds. The Hall–Kier alpha value is -2.72. The minimum Gasteiger partial charge on any atom is -0.490 e. The molecule has 1 aromatic carbocycles. The maximum absolute atomic E-state index is 12.3. The molecule has 7 heteroatoms. The zero-order chi connectivity index (χ0) is 21.9. The zero-order valence-corrected chi connectivity index (χ0v) is 18.1. The maximum atomic E-state index is 12.3. The van der Waals surface area contributed by atoms with Gasteiger partial charge in [0.15, 0.2) is 11.5 Å². The number of carbonyl (C=O) groups excluding carboxylic acids is 2. The van der Waals surface area contributed by atoms with Crippen molar-refractivity contribution in [3.63, 3.8) is 0 Å². The van der Waals surface area contributed by atoms with Crippen LogP contribution in [0.2, 0.25) is 0 Å². The summed E-state index contributed by atoms with van der Waals surface area (Å²) in [5.41, 5.74) is -0.0406. The first kappa shape index (κ1) is 24.3. The Morgan fingerprint density at radius 1 is 1.03 bits per heavy atom. The van der Waals surface area contributed by atoms with Crippen LogP contribution in [-0.2, 0) is 9.59 Å². The molecule has 0 aliphatic carbocycles. The molecular formula is C22H33N3O4. The van der Waals surface area contributed by atoms with Crippen molar-refractivity contribution in [3.05, 3.63) is 18.2 Å². The normalized spacial score (nSPS) is 10.9. The molecule has 0 unspecified atom stereocenters. The highest BCUT2D eigenvalue weighted by atomic mass is 16.5. The highest BCUT2D eigenvalue weighted by Gasteiger charge is 2.25. The summed E-state index contributed by atoms with van der Waals surface area (Å²) < 4.78 is 11.1. The number of hydrogen-bond acceptors (Lipinski definition) is 5. The number of likely N-dealkylation sites (N-methyl/N-ethyl adjacent to an activating group) is 1. The molecule has 0 saturated carbocycles. The lowest BCUT2D eigenvalue weighted by Gasteiger charge is -2.28. The lowest BCUT2D eigenvalue weighted by atomic mass is 9.94. The van der Waals surface area contributed by atoms with Gasteiger partial charge in [0.05, 0.1) is 26.3 Å². The minimum absolute atomic E-state index is 0.0614. The van der Waals surface area contributed by atoms with Gasteiger partial charge in [-0.3, -0.25) is 14.5 Å². The van der Waals surface area contributed by atoms with Crippen LogP contribution in [0.15, 0.2) is 18.2 Å². The van der Waals surface area contributed by atoms with E-state index >= 15 is 0 Å². The van der Waals surface area contributed by atoms with Crippen molar-refractivity contribution >= 4 is 17.5 Å². The van der Waals surface area contributed by atoms with Gasteiger partial charge in [0.1, 0.15) is 5.54 Å². The fourth-order valence-electron chi connectivity index (χ4n) is 2.85. The summed E-state index contributed by atoms with van der Waals surface area (Å²) in [6.07, 6.45) is 6.87. The van der Waals surface area contributed by atoms with E-state index in [2.05, 4.69) is 16.6 Å². The summed E-state index contributed by atoms with van der Waals surface area (Å²) in [7, 11) is 1.71. The molecule has 0 aliphatic rings. The second-order valence-corrected chi connectivity index (χ2v) is 6.73. The van der Waals surface area contributed by atoms with Gasteiger partial charge in [-0.05, 0) is 45.9 Å². The van der Waals surface area contributed by atoms with Crippen LogP contribution in [0, 0.1) is 12.3 Å². The number of terminal acetylenes is 1. The van der Waals surface area contributed by atoms with E-state index in [1.54, 1.807) is 30.1 Å². The third kappa shape index (κ3) is 7.66. The first-order chi connectivity index (χ1) is 13.8. The number of hydrogen-bond donors (Lipinski definition) is 2. The summed E-state index contributed by atoms with van der Waals surface area (Å²) in [6.45, 7) is 8.80. The Bertz CT molecular complexity index is 723. The largest absolute Gasteiger partial charge is 0.490 e. The van der Waals surface area contributed by atoms with Gasteiger partial charge in [0, 0.05) is 11.8 Å². The fraction of sp³-hybridized carbons (Fsp3) is 0.545. The molecule has 2 N–H and O–H groups in total. The Morgan fingerprint density at radius 2 is 1.62 bits per heavy atom. The Balaban J connectivity index is 2.64. The molecule has 160 valence electrons. The Labute approximate surface area is 174 Å². The van der Waals surface area contributed by atoms with E-state index in [0.29, 0.717) is 43.2 Å². The number of benzene rings is 1. The summed E-state index contributed by atoms with van der Waals surface area (Å²) in [5.74, 6) is 3.43. The van der Waals surface area contributed by atoms with E-state index in [1.165, 1.54) is 0 Å². The third-order valence-corrected chi connectivity index (χ3v) is 4.52. The van der Waals surface area contributed by atoms with Gasteiger partial charge in [0.2, 0.25) is 11.8 Å². The van der Waals surface area contributed by atoms with E-state index in [0.717, 1.165) is 0 Å².